The third-order valence-corrected chi connectivity index (χ3v) is 3.70. The molecular formula is C15H21N3O2. The Kier molecular flexibility index (Phi) is 4.27. The van der Waals surface area contributed by atoms with Crippen LogP contribution in [0, 0.1) is 6.92 Å². The van der Waals surface area contributed by atoms with Crippen LogP contribution < -0.4 is 11.5 Å². The number of carbonyl (C=O) groups is 2. The van der Waals surface area contributed by atoms with Crippen molar-refractivity contribution in [3.8, 4) is 0 Å². The van der Waals surface area contributed by atoms with Gasteiger partial charge in [-0.15, -0.1) is 0 Å². The summed E-state index contributed by atoms with van der Waals surface area (Å²) in [6.45, 7) is 1.86. The Morgan fingerprint density at radius 2 is 1.90 bits per heavy atom. The SMILES string of the molecule is Cc1cc(N)cc(C(=O)N(CC(N)=O)C2CCCC2)c1. The molecular weight excluding hydrogens is 254 g/mol. The summed E-state index contributed by atoms with van der Waals surface area (Å²) in [6.07, 6.45) is 4.03. The summed E-state index contributed by atoms with van der Waals surface area (Å²) in [6, 6.07) is 5.36. The van der Waals surface area contributed by atoms with E-state index in [1.807, 2.05) is 13.0 Å². The summed E-state index contributed by atoms with van der Waals surface area (Å²) in [4.78, 5) is 25.5. The van der Waals surface area contributed by atoms with Gasteiger partial charge in [-0.2, -0.15) is 0 Å². The maximum absolute atomic E-state index is 12.6. The van der Waals surface area contributed by atoms with Crippen molar-refractivity contribution < 1.29 is 9.59 Å². The molecule has 0 atom stereocenters. The number of nitrogen functional groups attached to an aromatic ring is 1. The zero-order valence-electron chi connectivity index (χ0n) is 11.8. The molecule has 20 heavy (non-hydrogen) atoms. The molecule has 0 saturated heterocycles. The van der Waals surface area contributed by atoms with Crippen LogP contribution in [-0.2, 0) is 4.79 Å². The van der Waals surface area contributed by atoms with Crippen LogP contribution in [0.3, 0.4) is 0 Å². The van der Waals surface area contributed by atoms with Gasteiger partial charge in [-0.1, -0.05) is 12.8 Å². The number of nitrogens with two attached hydrogens (primary N) is 2. The number of carbonyl (C=O) groups excluding carboxylic acids is 2. The van der Waals surface area contributed by atoms with E-state index in [2.05, 4.69) is 0 Å². The second-order valence-electron chi connectivity index (χ2n) is 5.47. The van der Waals surface area contributed by atoms with Crippen LogP contribution in [0.5, 0.6) is 0 Å². The van der Waals surface area contributed by atoms with Crippen molar-refractivity contribution in [2.24, 2.45) is 5.73 Å². The third-order valence-electron chi connectivity index (χ3n) is 3.70. The summed E-state index contributed by atoms with van der Waals surface area (Å²) in [5.74, 6) is -0.642. The van der Waals surface area contributed by atoms with Crippen molar-refractivity contribution >= 4 is 17.5 Å². The van der Waals surface area contributed by atoms with Crippen LogP contribution in [0.2, 0.25) is 0 Å². The van der Waals surface area contributed by atoms with Gasteiger partial charge in [-0.05, 0) is 43.5 Å². The molecule has 0 radical (unpaired) electrons. The molecule has 2 amide bonds. The van der Waals surface area contributed by atoms with E-state index in [4.69, 9.17) is 11.5 Å². The molecule has 0 spiro atoms. The van der Waals surface area contributed by atoms with Crippen molar-refractivity contribution in [3.63, 3.8) is 0 Å². The highest BCUT2D eigenvalue weighted by atomic mass is 16.2. The van der Waals surface area contributed by atoms with E-state index in [1.165, 1.54) is 0 Å². The second-order valence-corrected chi connectivity index (χ2v) is 5.47. The van der Waals surface area contributed by atoms with Crippen LogP contribution in [0.25, 0.3) is 0 Å². The van der Waals surface area contributed by atoms with E-state index in [0.717, 1.165) is 31.2 Å². The van der Waals surface area contributed by atoms with Gasteiger partial charge in [0.05, 0.1) is 6.54 Å². The molecule has 2 rings (SSSR count). The fourth-order valence-corrected chi connectivity index (χ4v) is 2.85. The predicted octanol–water partition coefficient (Wildman–Crippen LogP) is 1.45. The van der Waals surface area contributed by atoms with E-state index in [-0.39, 0.29) is 18.5 Å². The first-order valence-corrected chi connectivity index (χ1v) is 6.94. The number of primary amides is 1. The summed E-state index contributed by atoms with van der Waals surface area (Å²) in [5, 5.41) is 0. The zero-order valence-corrected chi connectivity index (χ0v) is 11.8. The lowest BCUT2D eigenvalue weighted by atomic mass is 10.1. The lowest BCUT2D eigenvalue weighted by molar-refractivity contribution is -0.119. The minimum absolute atomic E-state index is 0.0304. The topological polar surface area (TPSA) is 89.4 Å². The summed E-state index contributed by atoms with van der Waals surface area (Å²) >= 11 is 0. The van der Waals surface area contributed by atoms with E-state index in [9.17, 15) is 9.59 Å². The lowest BCUT2D eigenvalue weighted by Gasteiger charge is -2.28. The Balaban J connectivity index is 2.26. The minimum atomic E-state index is -0.481. The van der Waals surface area contributed by atoms with E-state index >= 15 is 0 Å². The standard InChI is InChI=1S/C15H21N3O2/c1-10-6-11(8-12(16)7-10)15(20)18(9-14(17)19)13-4-2-3-5-13/h6-8,13H,2-5,9,16H2,1H3,(H2,17,19). The molecule has 0 unspecified atom stereocenters. The number of amides is 2. The largest absolute Gasteiger partial charge is 0.399 e. The molecule has 0 aromatic heterocycles. The zero-order chi connectivity index (χ0) is 14.7. The molecule has 1 saturated carbocycles. The van der Waals surface area contributed by atoms with Crippen LogP contribution in [0.15, 0.2) is 18.2 Å². The van der Waals surface area contributed by atoms with Crippen LogP contribution >= 0.6 is 0 Å². The number of anilines is 1. The highest BCUT2D eigenvalue weighted by Gasteiger charge is 2.28. The number of benzene rings is 1. The Morgan fingerprint density at radius 1 is 1.25 bits per heavy atom. The van der Waals surface area contributed by atoms with Crippen molar-refractivity contribution in [1.82, 2.24) is 4.90 Å². The lowest BCUT2D eigenvalue weighted by Crippen LogP contribution is -2.44. The van der Waals surface area contributed by atoms with E-state index < -0.39 is 5.91 Å². The Bertz CT molecular complexity index is 502. The van der Waals surface area contributed by atoms with Gasteiger partial charge < -0.3 is 16.4 Å². The third kappa shape index (κ3) is 3.29. The van der Waals surface area contributed by atoms with Gasteiger partial charge >= 0.3 is 0 Å². The van der Waals surface area contributed by atoms with E-state index in [0.29, 0.717) is 11.3 Å². The number of hydrogen-bond donors (Lipinski definition) is 2. The number of aryl methyl sites for hydroxylation is 1. The second kappa shape index (κ2) is 5.94. The van der Waals surface area contributed by atoms with E-state index in [1.54, 1.807) is 17.0 Å². The first-order valence-electron chi connectivity index (χ1n) is 6.94. The van der Waals surface area contributed by atoms with Gasteiger partial charge in [0.25, 0.3) is 5.91 Å². The molecule has 1 aromatic rings. The fourth-order valence-electron chi connectivity index (χ4n) is 2.85. The Morgan fingerprint density at radius 3 is 2.45 bits per heavy atom. The van der Waals surface area contributed by atoms with Crippen molar-refractivity contribution in [2.75, 3.05) is 12.3 Å². The van der Waals surface area contributed by atoms with Crippen molar-refractivity contribution in [3.05, 3.63) is 29.3 Å². The molecule has 1 fully saturated rings. The molecule has 4 N–H and O–H groups in total. The monoisotopic (exact) mass is 275 g/mol. The molecule has 1 aromatic carbocycles. The maximum atomic E-state index is 12.6. The van der Waals surface area contributed by atoms with Gasteiger partial charge in [-0.3, -0.25) is 9.59 Å². The minimum Gasteiger partial charge on any atom is -0.399 e. The first-order chi connectivity index (χ1) is 9.47. The number of hydrogen-bond acceptors (Lipinski definition) is 3. The molecule has 0 bridgehead atoms. The average molecular weight is 275 g/mol. The molecule has 108 valence electrons. The van der Waals surface area contributed by atoms with Gasteiger partial charge in [0.2, 0.25) is 5.91 Å². The Labute approximate surface area is 118 Å². The average Bonchev–Trinajstić information content (AvgIpc) is 2.87. The molecule has 1 aliphatic rings. The maximum Gasteiger partial charge on any atom is 0.254 e. The van der Waals surface area contributed by atoms with Crippen molar-refractivity contribution in [2.45, 2.75) is 38.6 Å². The number of rotatable bonds is 4. The highest BCUT2D eigenvalue weighted by molar-refractivity contribution is 5.97. The van der Waals surface area contributed by atoms with Gasteiger partial charge in [0.1, 0.15) is 0 Å². The molecule has 5 nitrogen and oxygen atoms in total. The molecule has 0 aliphatic heterocycles. The highest BCUT2D eigenvalue weighted by Crippen LogP contribution is 2.25. The molecule has 5 heteroatoms. The smallest absolute Gasteiger partial charge is 0.254 e. The van der Waals surface area contributed by atoms with Crippen LogP contribution in [0.1, 0.15) is 41.6 Å². The summed E-state index contributed by atoms with van der Waals surface area (Å²) < 4.78 is 0. The van der Waals surface area contributed by atoms with Crippen LogP contribution in [-0.4, -0.2) is 29.3 Å². The summed E-state index contributed by atoms with van der Waals surface area (Å²) in [5.41, 5.74) is 13.1. The first kappa shape index (κ1) is 14.4. The van der Waals surface area contributed by atoms with Gasteiger partial charge in [0, 0.05) is 17.3 Å². The normalized spacial score (nSPS) is 15.2. The predicted molar refractivity (Wildman–Crippen MR) is 78.1 cm³/mol. The number of nitrogens with zero attached hydrogens (tertiary/aromatic N) is 1. The molecule has 1 aliphatic carbocycles. The molecule has 0 heterocycles. The van der Waals surface area contributed by atoms with Crippen LogP contribution in [0.4, 0.5) is 5.69 Å². The van der Waals surface area contributed by atoms with Gasteiger partial charge in [-0.25, -0.2) is 0 Å². The van der Waals surface area contributed by atoms with Crippen molar-refractivity contribution in [1.29, 1.82) is 0 Å². The Hall–Kier alpha value is -2.04. The summed E-state index contributed by atoms with van der Waals surface area (Å²) in [7, 11) is 0. The fraction of sp³-hybridized carbons (Fsp3) is 0.467. The van der Waals surface area contributed by atoms with Gasteiger partial charge in [0.15, 0.2) is 0 Å². The quantitative estimate of drug-likeness (QED) is 0.815.